The molecule has 0 aromatic heterocycles. The molecule has 0 saturated carbocycles. The number of amidine groups is 1. The van der Waals surface area contributed by atoms with Crippen LogP contribution in [0.3, 0.4) is 0 Å². The van der Waals surface area contributed by atoms with E-state index < -0.39 is 0 Å². The minimum Gasteiger partial charge on any atom is -0.409 e. The van der Waals surface area contributed by atoms with Crippen LogP contribution in [0.15, 0.2) is 5.16 Å². The van der Waals surface area contributed by atoms with Crippen LogP contribution in [0.25, 0.3) is 0 Å². The van der Waals surface area contributed by atoms with Crippen LogP contribution in [-0.4, -0.2) is 23.6 Å². The summed E-state index contributed by atoms with van der Waals surface area (Å²) < 4.78 is 0. The first-order valence-electron chi connectivity index (χ1n) is 5.47. The third-order valence-electron chi connectivity index (χ3n) is 2.30. The topological polar surface area (TPSA) is 70.6 Å². The van der Waals surface area contributed by atoms with Crippen molar-refractivity contribution in [1.29, 1.82) is 0 Å². The molecule has 0 bridgehead atoms. The number of oxime groups is 1. The number of rotatable bonds is 8. The quantitative estimate of drug-likeness (QED) is 0.184. The third kappa shape index (κ3) is 5.80. The number of unbranched alkanes of at least 4 members (excludes halogenated alkanes) is 3. The Morgan fingerprint density at radius 2 is 2.07 bits per heavy atom. The smallest absolute Gasteiger partial charge is 0.156 e. The molecule has 0 radical (unpaired) electrons. The van der Waals surface area contributed by atoms with Crippen molar-refractivity contribution in [3.63, 3.8) is 0 Å². The summed E-state index contributed by atoms with van der Waals surface area (Å²) in [5.74, 6) is 0.281. The predicted octanol–water partition coefficient (Wildman–Crippen LogP) is 1.68. The molecule has 0 aliphatic rings. The van der Waals surface area contributed by atoms with E-state index in [9.17, 15) is 0 Å². The van der Waals surface area contributed by atoms with Crippen molar-refractivity contribution in [1.82, 2.24) is 5.32 Å². The fourth-order valence-electron chi connectivity index (χ4n) is 1.36. The lowest BCUT2D eigenvalue weighted by Gasteiger charge is -2.14. The Labute approximate surface area is 86.6 Å². The van der Waals surface area contributed by atoms with Gasteiger partial charge in [0.2, 0.25) is 0 Å². The average Bonchev–Trinajstić information content (AvgIpc) is 2.22. The highest BCUT2D eigenvalue weighted by Crippen LogP contribution is 1.98. The summed E-state index contributed by atoms with van der Waals surface area (Å²) in [7, 11) is 0. The van der Waals surface area contributed by atoms with Crippen molar-refractivity contribution in [2.45, 2.75) is 52.0 Å². The van der Waals surface area contributed by atoms with Gasteiger partial charge in [-0.2, -0.15) is 0 Å². The van der Waals surface area contributed by atoms with Crippen LogP contribution in [0.2, 0.25) is 0 Å². The first-order chi connectivity index (χ1) is 6.76. The van der Waals surface area contributed by atoms with E-state index in [2.05, 4.69) is 17.4 Å². The van der Waals surface area contributed by atoms with E-state index in [4.69, 9.17) is 10.9 Å². The van der Waals surface area contributed by atoms with E-state index in [1.165, 1.54) is 19.3 Å². The van der Waals surface area contributed by atoms with Gasteiger partial charge in [-0.15, -0.1) is 0 Å². The first-order valence-corrected chi connectivity index (χ1v) is 5.47. The third-order valence-corrected chi connectivity index (χ3v) is 2.30. The molecule has 4 nitrogen and oxygen atoms in total. The second kappa shape index (κ2) is 8.81. The van der Waals surface area contributed by atoms with Crippen molar-refractivity contribution in [2.24, 2.45) is 10.9 Å². The van der Waals surface area contributed by atoms with Crippen LogP contribution in [0, 0.1) is 0 Å². The summed E-state index contributed by atoms with van der Waals surface area (Å²) in [5.41, 5.74) is 5.51. The molecule has 0 rings (SSSR count). The SMILES string of the molecule is CCCCCCNC(CC)C(N)=NO. The zero-order chi connectivity index (χ0) is 10.8. The second-order valence-electron chi connectivity index (χ2n) is 3.50. The maximum atomic E-state index is 8.50. The van der Waals surface area contributed by atoms with E-state index in [1.807, 2.05) is 6.92 Å². The average molecular weight is 201 g/mol. The lowest BCUT2D eigenvalue weighted by Crippen LogP contribution is -2.41. The van der Waals surface area contributed by atoms with Gasteiger partial charge in [0.1, 0.15) is 0 Å². The first kappa shape index (κ1) is 13.2. The zero-order valence-electron chi connectivity index (χ0n) is 9.29. The molecule has 0 spiro atoms. The minimum absolute atomic E-state index is 0.0154. The molecule has 1 atom stereocenters. The van der Waals surface area contributed by atoms with E-state index in [0.29, 0.717) is 0 Å². The van der Waals surface area contributed by atoms with Crippen LogP contribution >= 0.6 is 0 Å². The van der Waals surface area contributed by atoms with Crippen molar-refractivity contribution in [3.8, 4) is 0 Å². The zero-order valence-corrected chi connectivity index (χ0v) is 9.29. The van der Waals surface area contributed by atoms with Crippen LogP contribution in [0.5, 0.6) is 0 Å². The monoisotopic (exact) mass is 201 g/mol. The summed E-state index contributed by atoms with van der Waals surface area (Å²) in [6.45, 7) is 5.15. The Morgan fingerprint density at radius 1 is 1.36 bits per heavy atom. The van der Waals surface area contributed by atoms with Crippen molar-refractivity contribution < 1.29 is 5.21 Å². The summed E-state index contributed by atoms with van der Waals surface area (Å²) >= 11 is 0. The molecule has 84 valence electrons. The molecule has 0 aromatic carbocycles. The predicted molar refractivity (Wildman–Crippen MR) is 59.6 cm³/mol. The van der Waals surface area contributed by atoms with Gasteiger partial charge in [-0.1, -0.05) is 38.3 Å². The Hall–Kier alpha value is -0.770. The molecule has 4 N–H and O–H groups in total. The number of nitrogens with two attached hydrogens (primary N) is 1. The van der Waals surface area contributed by atoms with Gasteiger partial charge in [0, 0.05) is 0 Å². The van der Waals surface area contributed by atoms with Crippen LogP contribution in [0.4, 0.5) is 0 Å². The lowest BCUT2D eigenvalue weighted by molar-refractivity contribution is 0.314. The molecule has 0 heterocycles. The van der Waals surface area contributed by atoms with Gasteiger partial charge >= 0.3 is 0 Å². The van der Waals surface area contributed by atoms with Crippen molar-refractivity contribution in [2.75, 3.05) is 6.54 Å². The summed E-state index contributed by atoms with van der Waals surface area (Å²) in [6, 6.07) is 0.0154. The van der Waals surface area contributed by atoms with Gasteiger partial charge in [-0.25, -0.2) is 0 Å². The van der Waals surface area contributed by atoms with Crippen LogP contribution < -0.4 is 11.1 Å². The number of nitrogens with zero attached hydrogens (tertiary/aromatic N) is 1. The molecule has 14 heavy (non-hydrogen) atoms. The normalized spacial score (nSPS) is 14.3. The number of hydrogen-bond acceptors (Lipinski definition) is 3. The van der Waals surface area contributed by atoms with E-state index in [0.717, 1.165) is 19.4 Å². The Balaban J connectivity index is 3.53. The minimum atomic E-state index is 0.0154. The highest BCUT2D eigenvalue weighted by Gasteiger charge is 2.09. The molecule has 0 aliphatic heterocycles. The van der Waals surface area contributed by atoms with E-state index >= 15 is 0 Å². The van der Waals surface area contributed by atoms with Crippen LogP contribution in [-0.2, 0) is 0 Å². The van der Waals surface area contributed by atoms with Gasteiger partial charge in [-0.05, 0) is 19.4 Å². The molecule has 1 unspecified atom stereocenters. The molecule has 0 saturated heterocycles. The van der Waals surface area contributed by atoms with Gasteiger partial charge in [0.25, 0.3) is 0 Å². The fourth-order valence-corrected chi connectivity index (χ4v) is 1.36. The maximum absolute atomic E-state index is 8.50. The number of hydrogen-bond donors (Lipinski definition) is 3. The lowest BCUT2D eigenvalue weighted by atomic mass is 10.1. The second-order valence-corrected chi connectivity index (χ2v) is 3.50. The van der Waals surface area contributed by atoms with Gasteiger partial charge in [0.05, 0.1) is 6.04 Å². The summed E-state index contributed by atoms with van der Waals surface area (Å²) in [6.07, 6.45) is 5.78. The Kier molecular flexibility index (Phi) is 8.33. The molecular weight excluding hydrogens is 178 g/mol. The molecule has 0 aliphatic carbocycles. The van der Waals surface area contributed by atoms with Gasteiger partial charge in [-0.3, -0.25) is 0 Å². The van der Waals surface area contributed by atoms with Gasteiger partial charge in [0.15, 0.2) is 5.84 Å². The molecule has 0 aromatic rings. The van der Waals surface area contributed by atoms with Crippen LogP contribution in [0.1, 0.15) is 46.0 Å². The molecule has 4 heteroatoms. The number of nitrogens with one attached hydrogen (secondary N) is 1. The van der Waals surface area contributed by atoms with Crippen molar-refractivity contribution in [3.05, 3.63) is 0 Å². The fraction of sp³-hybridized carbons (Fsp3) is 0.900. The Bertz CT molecular complexity index is 159. The highest BCUT2D eigenvalue weighted by molar-refractivity contribution is 5.85. The van der Waals surface area contributed by atoms with Crippen molar-refractivity contribution >= 4 is 5.84 Å². The van der Waals surface area contributed by atoms with E-state index in [1.54, 1.807) is 0 Å². The van der Waals surface area contributed by atoms with E-state index in [-0.39, 0.29) is 11.9 Å². The maximum Gasteiger partial charge on any atom is 0.156 e. The highest BCUT2D eigenvalue weighted by atomic mass is 16.4. The summed E-state index contributed by atoms with van der Waals surface area (Å²) in [4.78, 5) is 0. The molecule has 0 amide bonds. The standard InChI is InChI=1S/C10H23N3O/c1-3-5-6-7-8-12-9(4-2)10(11)13-14/h9,12,14H,3-8H2,1-2H3,(H2,11,13). The largest absolute Gasteiger partial charge is 0.409 e. The summed E-state index contributed by atoms with van der Waals surface area (Å²) in [5, 5.41) is 14.8. The Morgan fingerprint density at radius 3 is 2.57 bits per heavy atom. The molecular formula is C10H23N3O. The van der Waals surface area contributed by atoms with Gasteiger partial charge < -0.3 is 16.3 Å². The molecule has 0 fully saturated rings.